The highest BCUT2D eigenvalue weighted by molar-refractivity contribution is 5.64. The molecule has 3 heterocycles. The molecule has 2 aliphatic heterocycles. The van der Waals surface area contributed by atoms with Gasteiger partial charge in [0.15, 0.2) is 0 Å². The Morgan fingerprint density at radius 2 is 1.66 bits per heavy atom. The van der Waals surface area contributed by atoms with Gasteiger partial charge < -0.3 is 24.5 Å². The summed E-state index contributed by atoms with van der Waals surface area (Å²) < 4.78 is 66.3. The molecule has 0 spiro atoms. The molecule has 0 amide bonds. The Kier molecular flexibility index (Phi) is 8.13. The van der Waals surface area contributed by atoms with Crippen molar-refractivity contribution in [1.29, 1.82) is 0 Å². The van der Waals surface area contributed by atoms with Crippen LogP contribution in [0.1, 0.15) is 17.5 Å². The molecule has 0 bridgehead atoms. The van der Waals surface area contributed by atoms with Crippen LogP contribution in [0.25, 0.3) is 11.1 Å². The van der Waals surface area contributed by atoms with E-state index in [-0.39, 0.29) is 17.9 Å². The average molecular weight is 612 g/mol. The van der Waals surface area contributed by atoms with Crippen molar-refractivity contribution in [3.8, 4) is 22.9 Å². The summed E-state index contributed by atoms with van der Waals surface area (Å²) >= 11 is 0. The Hall–Kier alpha value is -4.65. The van der Waals surface area contributed by atoms with E-state index >= 15 is 0 Å². The highest BCUT2D eigenvalue weighted by Gasteiger charge is 2.34. The molecule has 1 fully saturated rings. The van der Waals surface area contributed by atoms with E-state index in [1.54, 1.807) is 16.7 Å². The van der Waals surface area contributed by atoms with Crippen molar-refractivity contribution < 1.29 is 32.0 Å². The smallest absolute Gasteiger partial charge is 0.419 e. The average Bonchev–Trinajstić information content (AvgIpc) is 3.45. The minimum Gasteiger partial charge on any atom is -0.490 e. The molecule has 0 radical (unpaired) electrons. The molecule has 1 atom stereocenters. The quantitative estimate of drug-likeness (QED) is 0.134. The van der Waals surface area contributed by atoms with Crippen LogP contribution in [0.15, 0.2) is 72.9 Å². The summed E-state index contributed by atoms with van der Waals surface area (Å²) in [5.74, 6) is -0.808. The van der Waals surface area contributed by atoms with Crippen LogP contribution in [-0.2, 0) is 19.3 Å². The molecule has 6 rings (SSSR count). The number of alkyl halides is 3. The number of hydrogen-bond acceptors (Lipinski definition) is 7. The lowest BCUT2D eigenvalue weighted by molar-refractivity contribution is -0.389. The van der Waals surface area contributed by atoms with Gasteiger partial charge in [-0.2, -0.15) is 13.2 Å². The first-order valence-corrected chi connectivity index (χ1v) is 14.2. The zero-order valence-corrected chi connectivity index (χ0v) is 23.5. The van der Waals surface area contributed by atoms with Gasteiger partial charge in [0, 0.05) is 56.4 Å². The fourth-order valence-electron chi connectivity index (χ4n) is 5.43. The Morgan fingerprint density at radius 3 is 2.34 bits per heavy atom. The third-order valence-corrected chi connectivity index (χ3v) is 7.85. The number of aryl methyl sites for hydroxylation is 1. The fourth-order valence-corrected chi connectivity index (χ4v) is 5.43. The van der Waals surface area contributed by atoms with E-state index in [9.17, 15) is 27.7 Å². The predicted molar refractivity (Wildman–Crippen MR) is 154 cm³/mol. The number of halogens is 4. The SMILES string of the molecule is O=[N+]([O-])c1cn2c(n1)OC(COc1ccc(N3CCN(Cc4ccc(-c5ccc(F)c(C(F)(F)F)c5)cc4)CC3)cc1)CC2. The summed E-state index contributed by atoms with van der Waals surface area (Å²) in [6, 6.07) is 18.5. The molecule has 1 saturated heterocycles. The Bertz CT molecular complexity index is 1620. The monoisotopic (exact) mass is 611 g/mol. The number of hydrogen-bond donors (Lipinski definition) is 0. The van der Waals surface area contributed by atoms with Gasteiger partial charge in [-0.1, -0.05) is 30.3 Å². The second-order valence-electron chi connectivity index (χ2n) is 10.8. The molecular formula is C31H29F4N5O4. The summed E-state index contributed by atoms with van der Waals surface area (Å²) in [6.45, 7) is 4.96. The van der Waals surface area contributed by atoms with Gasteiger partial charge in [-0.15, -0.1) is 0 Å². The van der Waals surface area contributed by atoms with Crippen LogP contribution in [0.2, 0.25) is 0 Å². The maximum absolute atomic E-state index is 13.7. The molecule has 230 valence electrons. The molecule has 2 aliphatic rings. The van der Waals surface area contributed by atoms with E-state index < -0.39 is 22.5 Å². The van der Waals surface area contributed by atoms with Gasteiger partial charge in [-0.05, 0) is 58.0 Å². The van der Waals surface area contributed by atoms with Crippen LogP contribution in [0.3, 0.4) is 0 Å². The molecule has 44 heavy (non-hydrogen) atoms. The third-order valence-electron chi connectivity index (χ3n) is 7.85. The van der Waals surface area contributed by atoms with Crippen molar-refractivity contribution in [3.63, 3.8) is 0 Å². The number of ether oxygens (including phenoxy) is 2. The first-order valence-electron chi connectivity index (χ1n) is 14.2. The number of benzene rings is 3. The van der Waals surface area contributed by atoms with Gasteiger partial charge in [0.05, 0.1) is 5.56 Å². The molecule has 9 nitrogen and oxygen atoms in total. The van der Waals surface area contributed by atoms with Gasteiger partial charge in [0.2, 0.25) is 0 Å². The molecule has 0 N–H and O–H groups in total. The van der Waals surface area contributed by atoms with Crippen LogP contribution < -0.4 is 14.4 Å². The van der Waals surface area contributed by atoms with Gasteiger partial charge in [-0.25, -0.2) is 4.39 Å². The van der Waals surface area contributed by atoms with Gasteiger partial charge >= 0.3 is 18.0 Å². The summed E-state index contributed by atoms with van der Waals surface area (Å²) in [4.78, 5) is 18.9. The number of fused-ring (bicyclic) bond motifs is 1. The first kappa shape index (κ1) is 29.4. The minimum absolute atomic E-state index is 0.232. The molecular weight excluding hydrogens is 582 g/mol. The van der Waals surface area contributed by atoms with Crippen LogP contribution in [0.4, 0.5) is 29.1 Å². The first-order chi connectivity index (χ1) is 21.1. The lowest BCUT2D eigenvalue weighted by Crippen LogP contribution is -2.45. The normalized spacial score (nSPS) is 17.2. The Labute approximate surface area is 250 Å². The number of aromatic nitrogens is 2. The highest BCUT2D eigenvalue weighted by Crippen LogP contribution is 2.34. The van der Waals surface area contributed by atoms with Crippen molar-refractivity contribution in [3.05, 3.63) is 100.0 Å². The number of anilines is 1. The number of rotatable bonds is 8. The second-order valence-corrected chi connectivity index (χ2v) is 10.8. The summed E-state index contributed by atoms with van der Waals surface area (Å²) in [7, 11) is 0. The second kappa shape index (κ2) is 12.2. The van der Waals surface area contributed by atoms with Gasteiger partial charge in [0.25, 0.3) is 0 Å². The van der Waals surface area contributed by atoms with Crippen LogP contribution in [0.5, 0.6) is 11.8 Å². The van der Waals surface area contributed by atoms with Crippen molar-refractivity contribution in [1.82, 2.24) is 14.5 Å². The topological polar surface area (TPSA) is 85.9 Å². The van der Waals surface area contributed by atoms with Crippen LogP contribution >= 0.6 is 0 Å². The van der Waals surface area contributed by atoms with Gasteiger partial charge in [0.1, 0.15) is 30.5 Å². The summed E-state index contributed by atoms with van der Waals surface area (Å²) in [5.41, 5.74) is 1.78. The van der Waals surface area contributed by atoms with Gasteiger partial charge in [-0.3, -0.25) is 9.47 Å². The molecule has 1 unspecified atom stereocenters. The van der Waals surface area contributed by atoms with Crippen LogP contribution in [-0.4, -0.2) is 58.3 Å². The summed E-state index contributed by atoms with van der Waals surface area (Å²) in [6.07, 6.45) is -2.96. The molecule has 3 aromatic carbocycles. The van der Waals surface area contributed by atoms with E-state index in [1.165, 1.54) is 12.3 Å². The van der Waals surface area contributed by atoms with E-state index in [4.69, 9.17) is 9.47 Å². The molecule has 4 aromatic rings. The van der Waals surface area contributed by atoms with E-state index in [1.807, 2.05) is 36.4 Å². The number of nitro groups is 1. The van der Waals surface area contributed by atoms with Crippen molar-refractivity contribution >= 4 is 11.5 Å². The largest absolute Gasteiger partial charge is 0.490 e. The number of nitrogens with zero attached hydrogens (tertiary/aromatic N) is 5. The number of piperazine rings is 1. The predicted octanol–water partition coefficient (Wildman–Crippen LogP) is 6.17. The molecule has 0 aliphatic carbocycles. The zero-order valence-electron chi connectivity index (χ0n) is 23.5. The summed E-state index contributed by atoms with van der Waals surface area (Å²) in [5, 5.41) is 10.9. The fraction of sp³-hybridized carbons (Fsp3) is 0.323. The van der Waals surface area contributed by atoms with Crippen LogP contribution in [0, 0.1) is 15.9 Å². The van der Waals surface area contributed by atoms with Crippen molar-refractivity contribution in [2.75, 3.05) is 37.7 Å². The number of imidazole rings is 1. The molecule has 1 aromatic heterocycles. The minimum atomic E-state index is -4.75. The van der Waals surface area contributed by atoms with Crippen molar-refractivity contribution in [2.24, 2.45) is 0 Å². The Balaban J connectivity index is 0.968. The lowest BCUT2D eigenvalue weighted by atomic mass is 10.0. The Morgan fingerprint density at radius 1 is 0.955 bits per heavy atom. The van der Waals surface area contributed by atoms with Crippen molar-refractivity contribution in [2.45, 2.75) is 31.8 Å². The molecule has 13 heteroatoms. The van der Waals surface area contributed by atoms with E-state index in [0.29, 0.717) is 36.4 Å². The maximum Gasteiger partial charge on any atom is 0.419 e. The lowest BCUT2D eigenvalue weighted by Gasteiger charge is -2.36. The maximum atomic E-state index is 13.7. The standard InChI is InChI=1S/C31H29F4N5O4/c32-28-10-5-23(17-27(28)31(33,34)35)22-3-1-21(2-4-22)18-37-13-15-38(16-14-37)24-6-8-25(9-7-24)43-20-26-11-12-39-19-29(40(41)42)36-30(39)44-26/h1-10,17,19,26H,11-16,18,20H2. The molecule has 0 saturated carbocycles. The third kappa shape index (κ3) is 6.62. The van der Waals surface area contributed by atoms with E-state index in [0.717, 1.165) is 56.1 Å². The van der Waals surface area contributed by atoms with E-state index in [2.05, 4.69) is 14.8 Å². The zero-order chi connectivity index (χ0) is 30.8. The highest BCUT2D eigenvalue weighted by atomic mass is 19.4.